The number of nitrogens with one attached hydrogen (secondary N) is 1. The molecule has 0 aromatic carbocycles. The lowest BCUT2D eigenvalue weighted by molar-refractivity contribution is -0.0810. The third-order valence-corrected chi connectivity index (χ3v) is 6.33. The van der Waals surface area contributed by atoms with Crippen molar-refractivity contribution < 1.29 is 13.2 Å². The number of rotatable bonds is 4. The van der Waals surface area contributed by atoms with Gasteiger partial charge >= 0.3 is 6.03 Å². The van der Waals surface area contributed by atoms with Gasteiger partial charge in [-0.15, -0.1) is 0 Å². The molecule has 112 valence electrons. The normalized spacial score (nSPS) is 22.5. The first-order chi connectivity index (χ1) is 8.43. The number of carbonyl (C=O) groups is 1. The van der Waals surface area contributed by atoms with Crippen LogP contribution in [-0.4, -0.2) is 49.0 Å². The molecule has 0 aliphatic carbocycles. The molecule has 1 N–H and O–H groups in total. The quantitative estimate of drug-likeness (QED) is 0.856. The standard InChI is InChI=1S/C13H26N2O3S/c1-7-19(17,18)8-10(2)14-11(16)15-9-12(3,4)13(15,5)6/h10H,7-9H2,1-6H3,(H,14,16). The Balaban J connectivity index is 2.59. The Morgan fingerprint density at radius 1 is 1.32 bits per heavy atom. The van der Waals surface area contributed by atoms with E-state index in [2.05, 4.69) is 19.2 Å². The molecule has 1 atom stereocenters. The summed E-state index contributed by atoms with van der Waals surface area (Å²) in [5.41, 5.74) is -0.122. The number of nitrogens with zero attached hydrogens (tertiary/aromatic N) is 1. The lowest BCUT2D eigenvalue weighted by Crippen LogP contribution is -2.72. The van der Waals surface area contributed by atoms with E-state index in [9.17, 15) is 13.2 Å². The smallest absolute Gasteiger partial charge is 0.318 e. The second-order valence-corrected chi connectivity index (χ2v) is 8.98. The number of amides is 2. The van der Waals surface area contributed by atoms with Crippen LogP contribution in [0.15, 0.2) is 0 Å². The third-order valence-electron chi connectivity index (χ3n) is 4.44. The third kappa shape index (κ3) is 3.22. The molecule has 0 radical (unpaired) electrons. The van der Waals surface area contributed by atoms with Gasteiger partial charge in [-0.2, -0.15) is 0 Å². The molecule has 1 rings (SSSR count). The summed E-state index contributed by atoms with van der Waals surface area (Å²) in [5, 5.41) is 2.77. The Labute approximate surface area is 116 Å². The predicted molar refractivity (Wildman–Crippen MR) is 76.9 cm³/mol. The molecule has 0 bridgehead atoms. The van der Waals surface area contributed by atoms with Crippen molar-refractivity contribution in [3.8, 4) is 0 Å². The van der Waals surface area contributed by atoms with Crippen LogP contribution < -0.4 is 5.32 Å². The Hall–Kier alpha value is -0.780. The van der Waals surface area contributed by atoms with Crippen molar-refractivity contribution >= 4 is 15.9 Å². The van der Waals surface area contributed by atoms with Crippen LogP contribution in [0.1, 0.15) is 41.5 Å². The summed E-state index contributed by atoms with van der Waals surface area (Å²) in [5.74, 6) is 0.0996. The lowest BCUT2D eigenvalue weighted by Gasteiger charge is -2.61. The molecule has 1 fully saturated rings. The first kappa shape index (κ1) is 16.3. The fourth-order valence-corrected chi connectivity index (χ4v) is 3.30. The van der Waals surface area contributed by atoms with E-state index in [1.165, 1.54) is 0 Å². The second kappa shape index (κ2) is 4.96. The molecule has 1 saturated heterocycles. The van der Waals surface area contributed by atoms with Gasteiger partial charge in [0.25, 0.3) is 0 Å². The van der Waals surface area contributed by atoms with Crippen molar-refractivity contribution in [1.82, 2.24) is 10.2 Å². The molecule has 19 heavy (non-hydrogen) atoms. The van der Waals surface area contributed by atoms with E-state index in [1.54, 1.807) is 18.7 Å². The maximum absolute atomic E-state index is 12.1. The highest BCUT2D eigenvalue weighted by molar-refractivity contribution is 7.91. The summed E-state index contributed by atoms with van der Waals surface area (Å²) in [6, 6.07) is -0.542. The summed E-state index contributed by atoms with van der Waals surface area (Å²) in [6.07, 6.45) is 0. The van der Waals surface area contributed by atoms with Gasteiger partial charge in [0.15, 0.2) is 9.84 Å². The number of sulfone groups is 1. The van der Waals surface area contributed by atoms with Gasteiger partial charge in [-0.05, 0) is 20.8 Å². The van der Waals surface area contributed by atoms with Crippen molar-refractivity contribution in [2.24, 2.45) is 5.41 Å². The fraction of sp³-hybridized carbons (Fsp3) is 0.923. The first-order valence-corrected chi connectivity index (χ1v) is 8.53. The van der Waals surface area contributed by atoms with Gasteiger partial charge in [-0.1, -0.05) is 20.8 Å². The zero-order valence-corrected chi connectivity index (χ0v) is 13.6. The van der Waals surface area contributed by atoms with Crippen molar-refractivity contribution in [1.29, 1.82) is 0 Å². The molecule has 5 nitrogen and oxygen atoms in total. The fourth-order valence-electron chi connectivity index (χ4n) is 2.22. The van der Waals surface area contributed by atoms with E-state index >= 15 is 0 Å². The second-order valence-electron chi connectivity index (χ2n) is 6.58. The van der Waals surface area contributed by atoms with Gasteiger partial charge < -0.3 is 10.2 Å². The minimum atomic E-state index is -3.06. The maximum atomic E-state index is 12.1. The largest absolute Gasteiger partial charge is 0.334 e. The molecule has 0 aromatic rings. The highest BCUT2D eigenvalue weighted by Crippen LogP contribution is 2.46. The molecular formula is C13H26N2O3S. The predicted octanol–water partition coefficient (Wildman–Crippen LogP) is 1.64. The highest BCUT2D eigenvalue weighted by atomic mass is 32.2. The topological polar surface area (TPSA) is 66.5 Å². The van der Waals surface area contributed by atoms with E-state index in [0.717, 1.165) is 0 Å². The first-order valence-electron chi connectivity index (χ1n) is 6.71. The monoisotopic (exact) mass is 290 g/mol. The average molecular weight is 290 g/mol. The molecule has 1 aliphatic heterocycles. The SMILES string of the molecule is CCS(=O)(=O)CC(C)NC(=O)N1CC(C)(C)C1(C)C. The molecule has 6 heteroatoms. The van der Waals surface area contributed by atoms with E-state index in [1.807, 2.05) is 13.8 Å². The Morgan fingerprint density at radius 3 is 2.21 bits per heavy atom. The van der Waals surface area contributed by atoms with E-state index < -0.39 is 9.84 Å². The van der Waals surface area contributed by atoms with Crippen LogP contribution in [0, 0.1) is 5.41 Å². The molecule has 0 spiro atoms. The van der Waals surface area contributed by atoms with Crippen LogP contribution in [0.2, 0.25) is 0 Å². The van der Waals surface area contributed by atoms with Crippen LogP contribution in [0.25, 0.3) is 0 Å². The summed E-state index contributed by atoms with van der Waals surface area (Å²) in [4.78, 5) is 13.9. The molecule has 1 aliphatic rings. The highest BCUT2D eigenvalue weighted by Gasteiger charge is 2.54. The summed E-state index contributed by atoms with van der Waals surface area (Å²) >= 11 is 0. The molecule has 2 amide bonds. The number of likely N-dealkylation sites (tertiary alicyclic amines) is 1. The van der Waals surface area contributed by atoms with Crippen LogP contribution in [-0.2, 0) is 9.84 Å². The van der Waals surface area contributed by atoms with E-state index in [-0.39, 0.29) is 34.5 Å². The maximum Gasteiger partial charge on any atom is 0.318 e. The molecule has 0 saturated carbocycles. The Kier molecular flexibility index (Phi) is 4.25. The molecule has 0 aromatic heterocycles. The van der Waals surface area contributed by atoms with Gasteiger partial charge in [0.05, 0.1) is 5.75 Å². The van der Waals surface area contributed by atoms with Crippen molar-refractivity contribution in [3.05, 3.63) is 0 Å². The van der Waals surface area contributed by atoms with Crippen molar-refractivity contribution in [2.45, 2.75) is 53.1 Å². The van der Waals surface area contributed by atoms with Crippen molar-refractivity contribution in [2.75, 3.05) is 18.1 Å². The van der Waals surface area contributed by atoms with Gasteiger partial charge in [-0.25, -0.2) is 13.2 Å². The zero-order chi connectivity index (χ0) is 15.1. The van der Waals surface area contributed by atoms with Crippen LogP contribution in [0.5, 0.6) is 0 Å². The van der Waals surface area contributed by atoms with Crippen LogP contribution in [0.3, 0.4) is 0 Å². The number of hydrogen-bond donors (Lipinski definition) is 1. The minimum Gasteiger partial charge on any atom is -0.334 e. The van der Waals surface area contributed by atoms with Gasteiger partial charge in [-0.3, -0.25) is 0 Å². The molecular weight excluding hydrogens is 264 g/mol. The Morgan fingerprint density at radius 2 is 1.84 bits per heavy atom. The minimum absolute atomic E-state index is 0.00704. The molecule has 1 heterocycles. The Bertz CT molecular complexity index is 455. The zero-order valence-electron chi connectivity index (χ0n) is 12.8. The number of urea groups is 1. The van der Waals surface area contributed by atoms with Crippen molar-refractivity contribution in [3.63, 3.8) is 0 Å². The lowest BCUT2D eigenvalue weighted by atomic mass is 9.65. The van der Waals surface area contributed by atoms with Crippen LogP contribution >= 0.6 is 0 Å². The van der Waals surface area contributed by atoms with E-state index in [0.29, 0.717) is 6.54 Å². The number of carbonyl (C=O) groups excluding carboxylic acids is 1. The van der Waals surface area contributed by atoms with Crippen LogP contribution in [0.4, 0.5) is 4.79 Å². The molecule has 1 unspecified atom stereocenters. The van der Waals surface area contributed by atoms with Gasteiger partial charge in [0.2, 0.25) is 0 Å². The van der Waals surface area contributed by atoms with Gasteiger partial charge in [0, 0.05) is 29.3 Å². The summed E-state index contributed by atoms with van der Waals surface area (Å²) < 4.78 is 23.0. The van der Waals surface area contributed by atoms with Gasteiger partial charge in [0.1, 0.15) is 0 Å². The average Bonchev–Trinajstić information content (AvgIpc) is 2.24. The van der Waals surface area contributed by atoms with E-state index in [4.69, 9.17) is 0 Å². The number of hydrogen-bond acceptors (Lipinski definition) is 3. The summed E-state index contributed by atoms with van der Waals surface area (Å²) in [7, 11) is -3.06. The summed E-state index contributed by atoms with van der Waals surface area (Å²) in [6.45, 7) is 12.4.